The van der Waals surface area contributed by atoms with Crippen LogP contribution in [0.15, 0.2) is 16.7 Å². The summed E-state index contributed by atoms with van der Waals surface area (Å²) in [6, 6.07) is 2.09. The standard InChI is InChI=1S/C13H18BrN3O/c1-8-4-3-5-11(8)17-13(18)10-6-9(14)7-16-12(10)15-2/h6-8,11H,3-5H2,1-2H3,(H,15,16)(H,17,18). The van der Waals surface area contributed by atoms with E-state index in [-0.39, 0.29) is 5.91 Å². The highest BCUT2D eigenvalue weighted by atomic mass is 79.9. The van der Waals surface area contributed by atoms with Crippen molar-refractivity contribution >= 4 is 27.7 Å². The maximum absolute atomic E-state index is 12.3. The van der Waals surface area contributed by atoms with E-state index in [1.165, 1.54) is 12.8 Å². The van der Waals surface area contributed by atoms with Gasteiger partial charge in [-0.1, -0.05) is 13.3 Å². The van der Waals surface area contributed by atoms with Crippen LogP contribution in [-0.4, -0.2) is 24.0 Å². The molecule has 0 aromatic carbocycles. The minimum atomic E-state index is -0.0492. The average Bonchev–Trinajstić information content (AvgIpc) is 2.75. The average molecular weight is 312 g/mol. The molecule has 0 spiro atoms. The molecule has 1 heterocycles. The molecular weight excluding hydrogens is 294 g/mol. The van der Waals surface area contributed by atoms with Crippen LogP contribution in [0.25, 0.3) is 0 Å². The highest BCUT2D eigenvalue weighted by molar-refractivity contribution is 9.10. The lowest BCUT2D eigenvalue weighted by molar-refractivity contribution is 0.0930. The summed E-state index contributed by atoms with van der Waals surface area (Å²) < 4.78 is 0.811. The van der Waals surface area contributed by atoms with Crippen molar-refractivity contribution in [3.05, 3.63) is 22.3 Å². The van der Waals surface area contributed by atoms with Crippen molar-refractivity contribution in [1.29, 1.82) is 0 Å². The first-order valence-corrected chi connectivity index (χ1v) is 7.05. The predicted molar refractivity (Wildman–Crippen MR) is 75.8 cm³/mol. The summed E-state index contributed by atoms with van der Waals surface area (Å²) in [6.07, 6.45) is 5.15. The summed E-state index contributed by atoms with van der Waals surface area (Å²) in [6.45, 7) is 2.19. The van der Waals surface area contributed by atoms with E-state index in [1.807, 2.05) is 0 Å². The Balaban J connectivity index is 2.15. The van der Waals surface area contributed by atoms with Crippen molar-refractivity contribution in [3.8, 4) is 0 Å². The van der Waals surface area contributed by atoms with E-state index in [2.05, 4.69) is 38.5 Å². The Morgan fingerprint density at radius 2 is 2.28 bits per heavy atom. The zero-order chi connectivity index (χ0) is 13.1. The second kappa shape index (κ2) is 5.69. The van der Waals surface area contributed by atoms with E-state index in [1.54, 1.807) is 19.3 Å². The molecule has 5 heteroatoms. The van der Waals surface area contributed by atoms with Crippen molar-refractivity contribution < 1.29 is 4.79 Å². The molecule has 4 nitrogen and oxygen atoms in total. The molecule has 0 bridgehead atoms. The van der Waals surface area contributed by atoms with E-state index in [4.69, 9.17) is 0 Å². The summed E-state index contributed by atoms with van der Waals surface area (Å²) in [5.41, 5.74) is 0.589. The third-order valence-electron chi connectivity index (χ3n) is 3.51. The Labute approximate surface area is 116 Å². The number of hydrogen-bond acceptors (Lipinski definition) is 3. The third-order valence-corrected chi connectivity index (χ3v) is 3.95. The number of anilines is 1. The van der Waals surface area contributed by atoms with Crippen LogP contribution in [0.1, 0.15) is 36.5 Å². The van der Waals surface area contributed by atoms with Crippen LogP contribution >= 0.6 is 15.9 Å². The molecule has 2 unspecified atom stereocenters. The van der Waals surface area contributed by atoms with Crippen LogP contribution in [0.5, 0.6) is 0 Å². The molecule has 0 saturated heterocycles. The van der Waals surface area contributed by atoms with E-state index >= 15 is 0 Å². The van der Waals surface area contributed by atoms with Gasteiger partial charge in [-0.15, -0.1) is 0 Å². The van der Waals surface area contributed by atoms with Gasteiger partial charge in [-0.2, -0.15) is 0 Å². The molecule has 98 valence electrons. The number of nitrogens with zero attached hydrogens (tertiary/aromatic N) is 1. The Hall–Kier alpha value is -1.10. The second-order valence-corrected chi connectivity index (χ2v) is 5.70. The fraction of sp³-hybridized carbons (Fsp3) is 0.538. The van der Waals surface area contributed by atoms with Gasteiger partial charge in [0.2, 0.25) is 0 Å². The van der Waals surface area contributed by atoms with Gasteiger partial charge in [0.05, 0.1) is 5.56 Å². The molecule has 1 fully saturated rings. The van der Waals surface area contributed by atoms with Crippen LogP contribution in [0, 0.1) is 5.92 Å². The molecule has 0 aliphatic heterocycles. The van der Waals surface area contributed by atoms with Crippen molar-refractivity contribution in [1.82, 2.24) is 10.3 Å². The van der Waals surface area contributed by atoms with Gasteiger partial charge in [0.25, 0.3) is 5.91 Å². The summed E-state index contributed by atoms with van der Waals surface area (Å²) in [5, 5.41) is 6.05. The summed E-state index contributed by atoms with van der Waals surface area (Å²) in [7, 11) is 1.77. The highest BCUT2D eigenvalue weighted by Crippen LogP contribution is 2.26. The van der Waals surface area contributed by atoms with Crippen molar-refractivity contribution in [2.45, 2.75) is 32.2 Å². The quantitative estimate of drug-likeness (QED) is 0.902. The fourth-order valence-electron chi connectivity index (χ4n) is 2.42. The van der Waals surface area contributed by atoms with Crippen LogP contribution in [0.4, 0.5) is 5.82 Å². The van der Waals surface area contributed by atoms with E-state index in [0.717, 1.165) is 10.9 Å². The van der Waals surface area contributed by atoms with Gasteiger partial charge in [0.1, 0.15) is 5.82 Å². The molecule has 2 rings (SSSR count). The van der Waals surface area contributed by atoms with Gasteiger partial charge >= 0.3 is 0 Å². The molecule has 1 amide bonds. The Morgan fingerprint density at radius 3 is 2.89 bits per heavy atom. The van der Waals surface area contributed by atoms with Crippen LogP contribution in [0.2, 0.25) is 0 Å². The molecule has 1 aliphatic carbocycles. The first-order chi connectivity index (χ1) is 8.61. The number of nitrogens with one attached hydrogen (secondary N) is 2. The van der Waals surface area contributed by atoms with Crippen LogP contribution in [0.3, 0.4) is 0 Å². The number of carbonyl (C=O) groups is 1. The van der Waals surface area contributed by atoms with Gasteiger partial charge in [-0.05, 0) is 40.8 Å². The minimum absolute atomic E-state index is 0.0492. The smallest absolute Gasteiger partial charge is 0.255 e. The zero-order valence-corrected chi connectivity index (χ0v) is 12.3. The Kier molecular flexibility index (Phi) is 4.22. The first kappa shape index (κ1) is 13.3. The monoisotopic (exact) mass is 311 g/mol. The number of hydrogen-bond donors (Lipinski definition) is 2. The lowest BCUT2D eigenvalue weighted by atomic mass is 10.1. The Bertz CT molecular complexity index is 450. The Morgan fingerprint density at radius 1 is 1.50 bits per heavy atom. The first-order valence-electron chi connectivity index (χ1n) is 6.26. The normalized spacial score (nSPS) is 22.8. The van der Waals surface area contributed by atoms with Crippen molar-refractivity contribution in [3.63, 3.8) is 0 Å². The molecule has 1 aliphatic rings. The zero-order valence-electron chi connectivity index (χ0n) is 10.7. The van der Waals surface area contributed by atoms with Gasteiger partial charge in [-0.3, -0.25) is 4.79 Å². The van der Waals surface area contributed by atoms with Gasteiger partial charge < -0.3 is 10.6 Å². The molecule has 2 atom stereocenters. The van der Waals surface area contributed by atoms with Gasteiger partial charge in [0, 0.05) is 23.8 Å². The lowest BCUT2D eigenvalue weighted by Crippen LogP contribution is -2.36. The number of halogens is 1. The largest absolute Gasteiger partial charge is 0.372 e. The van der Waals surface area contributed by atoms with Crippen molar-refractivity contribution in [2.75, 3.05) is 12.4 Å². The third kappa shape index (κ3) is 2.83. The minimum Gasteiger partial charge on any atom is -0.372 e. The number of rotatable bonds is 3. The summed E-state index contributed by atoms with van der Waals surface area (Å²) in [5.74, 6) is 1.13. The molecule has 18 heavy (non-hydrogen) atoms. The number of carbonyl (C=O) groups excluding carboxylic acids is 1. The summed E-state index contributed by atoms with van der Waals surface area (Å²) in [4.78, 5) is 16.5. The number of pyridine rings is 1. The molecule has 1 aromatic rings. The van der Waals surface area contributed by atoms with Crippen LogP contribution < -0.4 is 10.6 Å². The molecular formula is C13H18BrN3O. The molecule has 2 N–H and O–H groups in total. The van der Waals surface area contributed by atoms with E-state index in [0.29, 0.717) is 23.3 Å². The van der Waals surface area contributed by atoms with E-state index < -0.39 is 0 Å². The lowest BCUT2D eigenvalue weighted by Gasteiger charge is -2.18. The van der Waals surface area contributed by atoms with Gasteiger partial charge in [0.15, 0.2) is 0 Å². The predicted octanol–water partition coefficient (Wildman–Crippen LogP) is 2.80. The van der Waals surface area contributed by atoms with Crippen molar-refractivity contribution in [2.24, 2.45) is 5.92 Å². The second-order valence-electron chi connectivity index (χ2n) is 4.79. The maximum atomic E-state index is 12.3. The molecule has 1 saturated carbocycles. The number of amides is 1. The topological polar surface area (TPSA) is 54.0 Å². The van der Waals surface area contributed by atoms with Gasteiger partial charge in [-0.25, -0.2) is 4.98 Å². The fourth-order valence-corrected chi connectivity index (χ4v) is 2.75. The maximum Gasteiger partial charge on any atom is 0.255 e. The number of aromatic nitrogens is 1. The SMILES string of the molecule is CNc1ncc(Br)cc1C(=O)NC1CCCC1C. The highest BCUT2D eigenvalue weighted by Gasteiger charge is 2.26. The summed E-state index contributed by atoms with van der Waals surface area (Å²) >= 11 is 3.35. The molecule has 0 radical (unpaired) electrons. The van der Waals surface area contributed by atoms with Crippen LogP contribution in [-0.2, 0) is 0 Å². The van der Waals surface area contributed by atoms with E-state index in [9.17, 15) is 4.79 Å². The molecule has 1 aromatic heterocycles.